The minimum atomic E-state index is -1.60. The smallest absolute Gasteiger partial charge is 0.331 e. The van der Waals surface area contributed by atoms with Gasteiger partial charge in [0.1, 0.15) is 0 Å². The Hall–Kier alpha value is -2.97. The Morgan fingerprint density at radius 3 is 2.34 bits per heavy atom. The van der Waals surface area contributed by atoms with Gasteiger partial charge < -0.3 is 5.11 Å². The molecular formula is C24H28N2O3. The summed E-state index contributed by atoms with van der Waals surface area (Å²) >= 11 is 0. The second-order valence-electron chi connectivity index (χ2n) is 7.50. The molecule has 0 saturated carbocycles. The first-order valence-corrected chi connectivity index (χ1v) is 9.97. The Balaban J connectivity index is 2.22. The van der Waals surface area contributed by atoms with Gasteiger partial charge in [-0.25, -0.2) is 4.79 Å². The van der Waals surface area contributed by atoms with Crippen LogP contribution >= 0.6 is 0 Å². The lowest BCUT2D eigenvalue weighted by atomic mass is 9.80. The van der Waals surface area contributed by atoms with E-state index in [1.807, 2.05) is 49.4 Å². The van der Waals surface area contributed by atoms with Gasteiger partial charge in [-0.05, 0) is 35.1 Å². The van der Waals surface area contributed by atoms with Gasteiger partial charge in [-0.15, -0.1) is 0 Å². The average Bonchev–Trinajstić information content (AvgIpc) is 2.72. The molecule has 5 nitrogen and oxygen atoms in total. The van der Waals surface area contributed by atoms with Crippen molar-refractivity contribution in [1.82, 2.24) is 5.32 Å². The first-order valence-electron chi connectivity index (χ1n) is 9.97. The molecule has 0 saturated heterocycles. The summed E-state index contributed by atoms with van der Waals surface area (Å²) in [6.45, 7) is 5.76. The quantitative estimate of drug-likeness (QED) is 0.579. The van der Waals surface area contributed by atoms with Crippen LogP contribution in [-0.2, 0) is 16.1 Å². The maximum absolute atomic E-state index is 12.8. The lowest BCUT2D eigenvalue weighted by molar-refractivity contribution is -0.153. The van der Waals surface area contributed by atoms with Gasteiger partial charge in [0.25, 0.3) is 0 Å². The molecule has 29 heavy (non-hydrogen) atoms. The molecule has 2 N–H and O–H groups in total. The second kappa shape index (κ2) is 9.99. The van der Waals surface area contributed by atoms with Gasteiger partial charge in [0.2, 0.25) is 0 Å². The fraction of sp³-hybridized carbons (Fsp3) is 0.375. The topological polar surface area (TPSA) is 90.2 Å². The number of hydrogen-bond donors (Lipinski definition) is 2. The van der Waals surface area contributed by atoms with Crippen molar-refractivity contribution in [2.75, 3.05) is 0 Å². The number of nitrogens with zero attached hydrogens (tertiary/aromatic N) is 1. The molecule has 1 atom stereocenters. The van der Waals surface area contributed by atoms with Crippen LogP contribution < -0.4 is 5.32 Å². The number of carbonyl (C=O) groups excluding carboxylic acids is 1. The van der Waals surface area contributed by atoms with Crippen molar-refractivity contribution in [2.45, 2.75) is 52.1 Å². The number of carbonyl (C=O) groups is 2. The first kappa shape index (κ1) is 22.3. The molecule has 0 heterocycles. The highest BCUT2D eigenvalue weighted by molar-refractivity contribution is 6.08. The Labute approximate surface area is 172 Å². The third-order valence-electron chi connectivity index (χ3n) is 5.28. The number of ketones is 1. The third-order valence-corrected chi connectivity index (χ3v) is 5.28. The third kappa shape index (κ3) is 4.90. The summed E-state index contributed by atoms with van der Waals surface area (Å²) < 4.78 is 0. The maximum Gasteiger partial charge on any atom is 0.331 e. The highest BCUT2D eigenvalue weighted by Gasteiger charge is 2.47. The molecule has 0 amide bonds. The van der Waals surface area contributed by atoms with E-state index in [0.29, 0.717) is 12.0 Å². The van der Waals surface area contributed by atoms with Crippen molar-refractivity contribution in [3.63, 3.8) is 0 Å². The van der Waals surface area contributed by atoms with Gasteiger partial charge in [0, 0.05) is 13.0 Å². The highest BCUT2D eigenvalue weighted by atomic mass is 16.4. The zero-order chi connectivity index (χ0) is 21.4. The fourth-order valence-corrected chi connectivity index (χ4v) is 3.48. The van der Waals surface area contributed by atoms with Gasteiger partial charge in [0.05, 0.1) is 11.6 Å². The van der Waals surface area contributed by atoms with Crippen molar-refractivity contribution < 1.29 is 14.7 Å². The maximum atomic E-state index is 12.8. The minimum Gasteiger partial charge on any atom is -0.480 e. The molecule has 0 bridgehead atoms. The molecule has 0 aliphatic rings. The number of carboxylic acid groups (broad SMARTS) is 1. The lowest BCUT2D eigenvalue weighted by Gasteiger charge is -2.33. The van der Waals surface area contributed by atoms with E-state index in [1.165, 1.54) is 0 Å². The molecular weight excluding hydrogens is 364 g/mol. The monoisotopic (exact) mass is 392 g/mol. The van der Waals surface area contributed by atoms with Gasteiger partial charge in [-0.3, -0.25) is 10.1 Å². The Kier molecular flexibility index (Phi) is 7.69. The van der Waals surface area contributed by atoms with Crippen LogP contribution in [0.4, 0.5) is 0 Å². The first-order chi connectivity index (χ1) is 13.9. The van der Waals surface area contributed by atoms with Gasteiger partial charge in [-0.1, -0.05) is 69.7 Å². The summed E-state index contributed by atoms with van der Waals surface area (Å²) in [5, 5.41) is 22.2. The van der Waals surface area contributed by atoms with E-state index >= 15 is 0 Å². The molecule has 5 heteroatoms. The lowest BCUT2D eigenvalue weighted by Crippen LogP contribution is -2.61. The van der Waals surface area contributed by atoms with E-state index in [-0.39, 0.29) is 24.7 Å². The van der Waals surface area contributed by atoms with Crippen LogP contribution in [0.2, 0.25) is 0 Å². The normalized spacial score (nSPS) is 12.9. The van der Waals surface area contributed by atoms with Crippen LogP contribution in [0.1, 0.15) is 51.2 Å². The molecule has 0 fully saturated rings. The Morgan fingerprint density at radius 2 is 1.79 bits per heavy atom. The highest BCUT2D eigenvalue weighted by Crippen LogP contribution is 2.25. The molecule has 0 spiro atoms. The SMILES string of the molecule is CCCCC(=O)C(NCc1ccc(-c2ccccc2C#N)cc1)(C(=O)O)C(C)C. The van der Waals surface area contributed by atoms with Crippen molar-refractivity contribution in [1.29, 1.82) is 5.26 Å². The standard InChI is InChI=1S/C24H28N2O3/c1-4-5-10-22(27)24(17(2)3,23(28)29)26-16-18-11-13-19(14-12-18)21-9-7-6-8-20(21)15-25/h6-9,11-14,17,26H,4-5,10,16H2,1-3H3,(H,28,29). The van der Waals surface area contributed by atoms with Crippen LogP contribution in [0, 0.1) is 17.2 Å². The van der Waals surface area contributed by atoms with Crippen LogP contribution in [0.5, 0.6) is 0 Å². The summed E-state index contributed by atoms with van der Waals surface area (Å²) in [5.74, 6) is -1.79. The predicted octanol–water partition coefficient (Wildman–Crippen LogP) is 4.55. The molecule has 2 rings (SSSR count). The summed E-state index contributed by atoms with van der Waals surface area (Å²) in [4.78, 5) is 24.8. The number of hydrogen-bond acceptors (Lipinski definition) is 4. The summed E-state index contributed by atoms with van der Waals surface area (Å²) in [6, 6.07) is 17.2. The number of benzene rings is 2. The minimum absolute atomic E-state index is 0.248. The van der Waals surface area contributed by atoms with Crippen molar-refractivity contribution in [2.24, 2.45) is 5.92 Å². The number of carboxylic acids is 1. The van der Waals surface area contributed by atoms with E-state index < -0.39 is 11.5 Å². The van der Waals surface area contributed by atoms with Crippen LogP contribution in [0.25, 0.3) is 11.1 Å². The Morgan fingerprint density at radius 1 is 1.14 bits per heavy atom. The molecule has 2 aromatic rings. The van der Waals surface area contributed by atoms with Crippen LogP contribution in [-0.4, -0.2) is 22.4 Å². The van der Waals surface area contributed by atoms with E-state index in [1.54, 1.807) is 19.9 Å². The number of Topliss-reactive ketones (excluding diaryl/α,β-unsaturated/α-hetero) is 1. The molecule has 0 aliphatic heterocycles. The van der Waals surface area contributed by atoms with Crippen molar-refractivity contribution >= 4 is 11.8 Å². The van der Waals surface area contributed by atoms with E-state index in [4.69, 9.17) is 0 Å². The second-order valence-corrected chi connectivity index (χ2v) is 7.50. The molecule has 2 aromatic carbocycles. The number of nitrogens with one attached hydrogen (secondary N) is 1. The predicted molar refractivity (Wildman–Crippen MR) is 113 cm³/mol. The molecule has 0 aliphatic carbocycles. The van der Waals surface area contributed by atoms with Crippen LogP contribution in [0.15, 0.2) is 48.5 Å². The molecule has 0 radical (unpaired) electrons. The summed E-state index contributed by atoms with van der Waals surface area (Å²) in [5.41, 5.74) is 1.65. The average molecular weight is 392 g/mol. The summed E-state index contributed by atoms with van der Waals surface area (Å²) in [7, 11) is 0. The van der Waals surface area contributed by atoms with E-state index in [2.05, 4.69) is 11.4 Å². The number of rotatable bonds is 10. The van der Waals surface area contributed by atoms with Crippen molar-refractivity contribution in [3.8, 4) is 17.2 Å². The molecule has 1 unspecified atom stereocenters. The van der Waals surface area contributed by atoms with Gasteiger partial charge in [-0.2, -0.15) is 5.26 Å². The fourth-order valence-electron chi connectivity index (χ4n) is 3.48. The van der Waals surface area contributed by atoms with E-state index in [0.717, 1.165) is 23.1 Å². The summed E-state index contributed by atoms with van der Waals surface area (Å²) in [6.07, 6.45) is 1.76. The number of aliphatic carboxylic acids is 1. The van der Waals surface area contributed by atoms with E-state index in [9.17, 15) is 20.0 Å². The van der Waals surface area contributed by atoms with Crippen LogP contribution in [0.3, 0.4) is 0 Å². The molecule has 152 valence electrons. The van der Waals surface area contributed by atoms with Gasteiger partial charge >= 0.3 is 5.97 Å². The van der Waals surface area contributed by atoms with Crippen molar-refractivity contribution in [3.05, 3.63) is 59.7 Å². The number of nitriles is 1. The largest absolute Gasteiger partial charge is 0.480 e. The zero-order valence-electron chi connectivity index (χ0n) is 17.2. The van der Waals surface area contributed by atoms with Gasteiger partial charge in [0.15, 0.2) is 11.3 Å². The Bertz CT molecular complexity index is 897. The zero-order valence-corrected chi connectivity index (χ0v) is 17.2. The molecule has 0 aromatic heterocycles. The number of unbranched alkanes of at least 4 members (excludes halogenated alkanes) is 1.